The van der Waals surface area contributed by atoms with Gasteiger partial charge in [-0.15, -0.1) is 0 Å². The highest BCUT2D eigenvalue weighted by Crippen LogP contribution is 2.21. The van der Waals surface area contributed by atoms with E-state index < -0.39 is 0 Å². The van der Waals surface area contributed by atoms with E-state index in [-0.39, 0.29) is 0 Å². The molecular weight excluding hydrogens is 186 g/mol. The molecule has 0 radical (unpaired) electrons. The number of aromatic nitrogens is 2. The van der Waals surface area contributed by atoms with Gasteiger partial charge in [-0.2, -0.15) is 0 Å². The first-order chi connectivity index (χ1) is 6.27. The highest BCUT2D eigenvalue weighted by atomic mass is 35.5. The van der Waals surface area contributed by atoms with Crippen LogP contribution in [0.15, 0.2) is 6.20 Å². The Balaban J connectivity index is 2.25. The van der Waals surface area contributed by atoms with Gasteiger partial charge in [-0.05, 0) is 19.9 Å². The molecule has 1 aliphatic rings. The largest absolute Gasteiger partial charge is 0.316 e. The molecule has 4 heteroatoms. The van der Waals surface area contributed by atoms with Gasteiger partial charge < -0.3 is 5.32 Å². The first-order valence-corrected chi connectivity index (χ1v) is 4.85. The van der Waals surface area contributed by atoms with Crippen molar-refractivity contribution in [2.24, 2.45) is 0 Å². The van der Waals surface area contributed by atoms with E-state index in [1.54, 1.807) is 6.20 Å². The molecule has 0 spiro atoms. The molecule has 1 fully saturated rings. The zero-order valence-corrected chi connectivity index (χ0v) is 8.30. The summed E-state index contributed by atoms with van der Waals surface area (Å²) in [5.74, 6) is 0.517. The van der Waals surface area contributed by atoms with Crippen molar-refractivity contribution >= 4 is 11.6 Å². The van der Waals surface area contributed by atoms with Crippen LogP contribution in [0.2, 0.25) is 5.15 Å². The molecule has 2 heterocycles. The standard InChI is InChI=1S/C9H12ClN3/c1-6-9(10)12-5-8(13-6)7-2-3-11-4-7/h5,7,11H,2-4H2,1H3. The molecule has 0 amide bonds. The second-order valence-corrected chi connectivity index (χ2v) is 3.72. The van der Waals surface area contributed by atoms with E-state index in [4.69, 9.17) is 11.6 Å². The zero-order chi connectivity index (χ0) is 9.26. The van der Waals surface area contributed by atoms with Gasteiger partial charge >= 0.3 is 0 Å². The van der Waals surface area contributed by atoms with Gasteiger partial charge in [-0.25, -0.2) is 4.98 Å². The predicted octanol–water partition coefficient (Wildman–Crippen LogP) is 1.52. The quantitative estimate of drug-likeness (QED) is 0.742. The van der Waals surface area contributed by atoms with E-state index in [2.05, 4.69) is 15.3 Å². The van der Waals surface area contributed by atoms with Crippen LogP contribution in [0.3, 0.4) is 0 Å². The molecule has 1 atom stereocenters. The maximum atomic E-state index is 5.80. The van der Waals surface area contributed by atoms with Crippen molar-refractivity contribution in [3.63, 3.8) is 0 Å². The maximum Gasteiger partial charge on any atom is 0.150 e. The van der Waals surface area contributed by atoms with Crippen molar-refractivity contribution < 1.29 is 0 Å². The third kappa shape index (κ3) is 1.81. The van der Waals surface area contributed by atoms with Gasteiger partial charge in [-0.3, -0.25) is 4.98 Å². The van der Waals surface area contributed by atoms with Crippen molar-refractivity contribution in [3.8, 4) is 0 Å². The van der Waals surface area contributed by atoms with Crippen molar-refractivity contribution in [1.29, 1.82) is 0 Å². The SMILES string of the molecule is Cc1nc(C2CCNC2)cnc1Cl. The second kappa shape index (κ2) is 3.60. The summed E-state index contributed by atoms with van der Waals surface area (Å²) in [5, 5.41) is 3.81. The number of aryl methyl sites for hydroxylation is 1. The lowest BCUT2D eigenvalue weighted by atomic mass is 10.1. The first kappa shape index (κ1) is 8.91. The highest BCUT2D eigenvalue weighted by Gasteiger charge is 2.18. The molecule has 1 unspecified atom stereocenters. The topological polar surface area (TPSA) is 37.8 Å². The normalized spacial score (nSPS) is 22.2. The smallest absolute Gasteiger partial charge is 0.150 e. The Labute approximate surface area is 82.5 Å². The van der Waals surface area contributed by atoms with Gasteiger partial charge in [0.1, 0.15) is 5.15 Å². The van der Waals surface area contributed by atoms with Crippen LogP contribution in [0.25, 0.3) is 0 Å². The lowest BCUT2D eigenvalue weighted by Crippen LogP contribution is -2.09. The van der Waals surface area contributed by atoms with E-state index >= 15 is 0 Å². The Morgan fingerprint density at radius 2 is 2.46 bits per heavy atom. The summed E-state index contributed by atoms with van der Waals surface area (Å²) < 4.78 is 0. The van der Waals surface area contributed by atoms with Gasteiger partial charge in [0.25, 0.3) is 0 Å². The molecule has 0 saturated carbocycles. The van der Waals surface area contributed by atoms with E-state index in [0.717, 1.165) is 30.9 Å². The maximum absolute atomic E-state index is 5.80. The third-order valence-corrected chi connectivity index (χ3v) is 2.76. The predicted molar refractivity (Wildman–Crippen MR) is 52.0 cm³/mol. The van der Waals surface area contributed by atoms with Gasteiger partial charge in [0, 0.05) is 12.5 Å². The number of hydrogen-bond donors (Lipinski definition) is 1. The number of halogens is 1. The summed E-state index contributed by atoms with van der Waals surface area (Å²) in [6, 6.07) is 0. The molecule has 2 rings (SSSR count). The fourth-order valence-corrected chi connectivity index (χ4v) is 1.68. The van der Waals surface area contributed by atoms with Crippen LogP contribution in [0, 0.1) is 6.92 Å². The van der Waals surface area contributed by atoms with Crippen LogP contribution in [-0.4, -0.2) is 23.1 Å². The molecule has 1 aliphatic heterocycles. The Hall–Kier alpha value is -0.670. The minimum absolute atomic E-state index is 0.509. The van der Waals surface area contributed by atoms with Crippen molar-refractivity contribution in [3.05, 3.63) is 22.7 Å². The molecule has 0 aliphatic carbocycles. The number of nitrogens with one attached hydrogen (secondary N) is 1. The van der Waals surface area contributed by atoms with Crippen LogP contribution in [-0.2, 0) is 0 Å². The summed E-state index contributed by atoms with van der Waals surface area (Å²) in [4.78, 5) is 8.52. The van der Waals surface area contributed by atoms with Crippen molar-refractivity contribution in [2.45, 2.75) is 19.3 Å². The van der Waals surface area contributed by atoms with Crippen LogP contribution < -0.4 is 5.32 Å². The minimum atomic E-state index is 0.509. The summed E-state index contributed by atoms with van der Waals surface area (Å²) in [5.41, 5.74) is 1.89. The molecule has 13 heavy (non-hydrogen) atoms. The summed E-state index contributed by atoms with van der Waals surface area (Å²) >= 11 is 5.80. The molecular formula is C9H12ClN3. The van der Waals surface area contributed by atoms with Crippen LogP contribution in [0.4, 0.5) is 0 Å². The summed E-state index contributed by atoms with van der Waals surface area (Å²) in [7, 11) is 0. The van der Waals surface area contributed by atoms with Gasteiger partial charge in [0.05, 0.1) is 17.6 Å². The fraction of sp³-hybridized carbons (Fsp3) is 0.556. The zero-order valence-electron chi connectivity index (χ0n) is 7.55. The van der Waals surface area contributed by atoms with Gasteiger partial charge in [-0.1, -0.05) is 11.6 Å². The number of nitrogens with zero attached hydrogens (tertiary/aromatic N) is 2. The monoisotopic (exact) mass is 197 g/mol. The summed E-state index contributed by atoms with van der Waals surface area (Å²) in [6.07, 6.45) is 2.93. The molecule has 0 bridgehead atoms. The van der Waals surface area contributed by atoms with Crippen LogP contribution >= 0.6 is 11.6 Å². The Kier molecular flexibility index (Phi) is 2.47. The average molecular weight is 198 g/mol. The Morgan fingerprint density at radius 3 is 3.08 bits per heavy atom. The number of rotatable bonds is 1. The third-order valence-electron chi connectivity index (χ3n) is 2.38. The van der Waals surface area contributed by atoms with Gasteiger partial charge in [0.15, 0.2) is 0 Å². The van der Waals surface area contributed by atoms with Crippen molar-refractivity contribution in [1.82, 2.24) is 15.3 Å². The van der Waals surface area contributed by atoms with E-state index in [0.29, 0.717) is 11.1 Å². The molecule has 3 nitrogen and oxygen atoms in total. The highest BCUT2D eigenvalue weighted by molar-refractivity contribution is 6.29. The summed E-state index contributed by atoms with van der Waals surface area (Å²) in [6.45, 7) is 3.98. The average Bonchev–Trinajstić information content (AvgIpc) is 2.62. The van der Waals surface area contributed by atoms with Crippen molar-refractivity contribution in [2.75, 3.05) is 13.1 Å². The molecule has 1 N–H and O–H groups in total. The lowest BCUT2D eigenvalue weighted by molar-refractivity contribution is 0.724. The molecule has 1 aromatic rings. The van der Waals surface area contributed by atoms with Crippen LogP contribution in [0.1, 0.15) is 23.7 Å². The number of hydrogen-bond acceptors (Lipinski definition) is 3. The first-order valence-electron chi connectivity index (χ1n) is 4.47. The van der Waals surface area contributed by atoms with E-state index in [1.165, 1.54) is 0 Å². The Bertz CT molecular complexity index is 308. The van der Waals surface area contributed by atoms with E-state index in [9.17, 15) is 0 Å². The minimum Gasteiger partial charge on any atom is -0.316 e. The van der Waals surface area contributed by atoms with Gasteiger partial charge in [0.2, 0.25) is 0 Å². The second-order valence-electron chi connectivity index (χ2n) is 3.36. The molecule has 70 valence electrons. The van der Waals surface area contributed by atoms with Crippen LogP contribution in [0.5, 0.6) is 0 Å². The lowest BCUT2D eigenvalue weighted by Gasteiger charge is -2.07. The Morgan fingerprint density at radius 1 is 1.62 bits per heavy atom. The molecule has 0 aromatic carbocycles. The molecule has 1 aromatic heterocycles. The fourth-order valence-electron chi connectivity index (χ4n) is 1.59. The molecule has 1 saturated heterocycles. The van der Waals surface area contributed by atoms with E-state index in [1.807, 2.05) is 6.92 Å².